The van der Waals surface area contributed by atoms with Crippen LogP contribution in [0, 0.1) is 18.8 Å². The van der Waals surface area contributed by atoms with Gasteiger partial charge in [0.2, 0.25) is 0 Å². The van der Waals surface area contributed by atoms with Crippen LogP contribution in [-0.2, 0) is 11.3 Å². The van der Waals surface area contributed by atoms with E-state index in [2.05, 4.69) is 29.4 Å². The first-order chi connectivity index (χ1) is 14.8. The molecule has 1 aromatic carbocycles. The third-order valence-corrected chi connectivity index (χ3v) is 6.76. The average Bonchev–Trinajstić information content (AvgIpc) is 3.03. The quantitative estimate of drug-likeness (QED) is 0.693. The van der Waals surface area contributed by atoms with E-state index in [1.165, 1.54) is 0 Å². The largest absolute Gasteiger partial charge is 0.464 e. The summed E-state index contributed by atoms with van der Waals surface area (Å²) < 4.78 is 5.69. The zero-order chi connectivity index (χ0) is 22.2. The number of carbonyl (C=O) groups excluding carboxylic acids is 2. The van der Waals surface area contributed by atoms with Crippen molar-refractivity contribution in [2.24, 2.45) is 11.8 Å². The standard InChI is InChI=1S/C24H31N3O4/c1-15(2)6-9-24(22(29)25-23(30)26-24)18-7-10-27(11-8-18)13-17-14-31-20-5-4-16(3)12-19(20)21(17)28/h4-5,12,14-15,18H,6-11,13H2,1-3H3,(H2,25,26,29,30). The van der Waals surface area contributed by atoms with E-state index < -0.39 is 5.54 Å². The van der Waals surface area contributed by atoms with E-state index in [0.717, 1.165) is 37.9 Å². The van der Waals surface area contributed by atoms with Crippen LogP contribution in [-0.4, -0.2) is 35.5 Å². The van der Waals surface area contributed by atoms with Crippen LogP contribution in [0.25, 0.3) is 11.0 Å². The van der Waals surface area contributed by atoms with Gasteiger partial charge in [0.15, 0.2) is 5.43 Å². The van der Waals surface area contributed by atoms with Gasteiger partial charge in [-0.2, -0.15) is 0 Å². The predicted octanol–water partition coefficient (Wildman–Crippen LogP) is 3.33. The molecule has 0 spiro atoms. The number of benzene rings is 1. The Morgan fingerprint density at radius 3 is 2.58 bits per heavy atom. The van der Waals surface area contributed by atoms with Crippen LogP contribution in [0.15, 0.2) is 33.7 Å². The van der Waals surface area contributed by atoms with Gasteiger partial charge in [-0.3, -0.25) is 19.8 Å². The summed E-state index contributed by atoms with van der Waals surface area (Å²) in [7, 11) is 0. The van der Waals surface area contributed by atoms with Crippen molar-refractivity contribution in [1.82, 2.24) is 15.5 Å². The molecule has 3 amide bonds. The maximum Gasteiger partial charge on any atom is 0.322 e. The monoisotopic (exact) mass is 425 g/mol. The number of amides is 3. The number of urea groups is 1. The Kier molecular flexibility index (Phi) is 5.88. The second kappa shape index (κ2) is 8.46. The Balaban J connectivity index is 1.46. The molecular weight excluding hydrogens is 394 g/mol. The maximum absolute atomic E-state index is 12.9. The van der Waals surface area contributed by atoms with Crippen molar-refractivity contribution in [1.29, 1.82) is 0 Å². The van der Waals surface area contributed by atoms with Gasteiger partial charge in [0.25, 0.3) is 5.91 Å². The first kappa shape index (κ1) is 21.6. The van der Waals surface area contributed by atoms with E-state index in [9.17, 15) is 14.4 Å². The second-order valence-electron chi connectivity index (χ2n) is 9.45. The van der Waals surface area contributed by atoms with E-state index >= 15 is 0 Å². The zero-order valence-electron chi connectivity index (χ0n) is 18.5. The number of aryl methyl sites for hydroxylation is 1. The van der Waals surface area contributed by atoms with Gasteiger partial charge in [0, 0.05) is 12.1 Å². The molecule has 7 nitrogen and oxygen atoms in total. The van der Waals surface area contributed by atoms with Crippen LogP contribution in [0.2, 0.25) is 0 Å². The topological polar surface area (TPSA) is 91.7 Å². The molecule has 2 aliphatic heterocycles. The molecule has 1 atom stereocenters. The van der Waals surface area contributed by atoms with Gasteiger partial charge in [0.05, 0.1) is 11.6 Å². The highest BCUT2D eigenvalue weighted by atomic mass is 16.3. The minimum absolute atomic E-state index is 0.0166. The molecule has 2 aromatic rings. The van der Waals surface area contributed by atoms with Crippen LogP contribution >= 0.6 is 0 Å². The highest BCUT2D eigenvalue weighted by Crippen LogP contribution is 2.35. The van der Waals surface area contributed by atoms with Crippen molar-refractivity contribution in [2.75, 3.05) is 13.1 Å². The first-order valence-corrected chi connectivity index (χ1v) is 11.2. The lowest BCUT2D eigenvalue weighted by atomic mass is 9.74. The third-order valence-electron chi connectivity index (χ3n) is 6.76. The summed E-state index contributed by atoms with van der Waals surface area (Å²) in [4.78, 5) is 39.8. The smallest absolute Gasteiger partial charge is 0.322 e. The Hall–Kier alpha value is -2.67. The van der Waals surface area contributed by atoms with Crippen LogP contribution in [0.4, 0.5) is 4.79 Å². The summed E-state index contributed by atoms with van der Waals surface area (Å²) in [6, 6.07) is 5.25. The molecule has 4 rings (SSSR count). The molecule has 3 heterocycles. The number of piperidine rings is 1. The summed E-state index contributed by atoms with van der Waals surface area (Å²) >= 11 is 0. The maximum atomic E-state index is 12.9. The zero-order valence-corrected chi connectivity index (χ0v) is 18.5. The number of nitrogens with one attached hydrogen (secondary N) is 2. The summed E-state index contributed by atoms with van der Waals surface area (Å²) in [5, 5.41) is 6.03. The molecule has 31 heavy (non-hydrogen) atoms. The molecule has 0 bridgehead atoms. The van der Waals surface area contributed by atoms with Gasteiger partial charge in [0.1, 0.15) is 11.1 Å². The number of imide groups is 1. The van der Waals surface area contributed by atoms with Gasteiger partial charge >= 0.3 is 6.03 Å². The minimum atomic E-state index is -0.813. The van der Waals surface area contributed by atoms with Crippen LogP contribution in [0.1, 0.15) is 50.7 Å². The molecule has 0 saturated carbocycles. The van der Waals surface area contributed by atoms with E-state index in [1.54, 1.807) is 6.26 Å². The highest BCUT2D eigenvalue weighted by molar-refractivity contribution is 6.07. The molecule has 0 aliphatic carbocycles. The number of hydrogen-bond acceptors (Lipinski definition) is 5. The van der Waals surface area contributed by atoms with Crippen molar-refractivity contribution in [3.05, 3.63) is 45.8 Å². The Morgan fingerprint density at radius 1 is 1.19 bits per heavy atom. The first-order valence-electron chi connectivity index (χ1n) is 11.2. The Bertz CT molecular complexity index is 1050. The number of nitrogens with zero attached hydrogens (tertiary/aromatic N) is 1. The van der Waals surface area contributed by atoms with Gasteiger partial charge in [-0.15, -0.1) is 0 Å². The average molecular weight is 426 g/mol. The summed E-state index contributed by atoms with van der Waals surface area (Å²) in [5.41, 5.74) is 1.49. The summed E-state index contributed by atoms with van der Waals surface area (Å²) in [6.45, 7) is 8.27. The highest BCUT2D eigenvalue weighted by Gasteiger charge is 2.51. The Morgan fingerprint density at radius 2 is 1.94 bits per heavy atom. The van der Waals surface area contributed by atoms with E-state index in [4.69, 9.17) is 4.42 Å². The van der Waals surface area contributed by atoms with Crippen molar-refractivity contribution in [3.8, 4) is 0 Å². The molecule has 2 N–H and O–H groups in total. The molecule has 166 valence electrons. The van der Waals surface area contributed by atoms with Gasteiger partial charge in [-0.1, -0.05) is 25.5 Å². The number of hydrogen-bond donors (Lipinski definition) is 2. The van der Waals surface area contributed by atoms with Crippen LogP contribution < -0.4 is 16.1 Å². The van der Waals surface area contributed by atoms with Crippen LogP contribution in [0.3, 0.4) is 0 Å². The van der Waals surface area contributed by atoms with Crippen molar-refractivity contribution in [2.45, 2.75) is 58.5 Å². The molecule has 2 saturated heterocycles. The molecule has 7 heteroatoms. The predicted molar refractivity (Wildman–Crippen MR) is 119 cm³/mol. The van der Waals surface area contributed by atoms with Crippen LogP contribution in [0.5, 0.6) is 0 Å². The Labute approximate surface area is 182 Å². The van der Waals surface area contributed by atoms with Crippen molar-refractivity contribution < 1.29 is 14.0 Å². The fraction of sp³-hybridized carbons (Fsp3) is 0.542. The fourth-order valence-electron chi connectivity index (χ4n) is 4.91. The van der Waals surface area contributed by atoms with Gasteiger partial charge < -0.3 is 9.73 Å². The van der Waals surface area contributed by atoms with Crippen molar-refractivity contribution in [3.63, 3.8) is 0 Å². The summed E-state index contributed by atoms with van der Waals surface area (Å²) in [5.74, 6) is 0.352. The number of carbonyl (C=O) groups is 2. The lowest BCUT2D eigenvalue weighted by Crippen LogP contribution is -2.56. The molecule has 1 aromatic heterocycles. The molecule has 1 unspecified atom stereocenters. The summed E-state index contributed by atoms with van der Waals surface area (Å²) in [6.07, 6.45) is 4.69. The number of rotatable bonds is 6. The van der Waals surface area contributed by atoms with E-state index in [-0.39, 0.29) is 23.3 Å². The molecule has 2 fully saturated rings. The fourth-order valence-corrected chi connectivity index (χ4v) is 4.91. The number of fused-ring (bicyclic) bond motifs is 1. The SMILES string of the molecule is Cc1ccc2occ(CN3CCC(C4(CCC(C)C)NC(=O)NC4=O)CC3)c(=O)c2c1. The molecule has 2 aliphatic rings. The number of likely N-dealkylation sites (tertiary alicyclic amines) is 1. The lowest BCUT2D eigenvalue weighted by molar-refractivity contribution is -0.127. The second-order valence-corrected chi connectivity index (χ2v) is 9.45. The van der Waals surface area contributed by atoms with Gasteiger partial charge in [-0.25, -0.2) is 4.79 Å². The molecular formula is C24H31N3O4. The molecule has 0 radical (unpaired) electrons. The minimum Gasteiger partial charge on any atom is -0.464 e. The van der Waals surface area contributed by atoms with Gasteiger partial charge in [-0.05, 0) is 69.7 Å². The lowest BCUT2D eigenvalue weighted by Gasteiger charge is -2.41. The van der Waals surface area contributed by atoms with Crippen molar-refractivity contribution >= 4 is 22.9 Å². The third kappa shape index (κ3) is 4.24. The van der Waals surface area contributed by atoms with E-state index in [1.807, 2.05) is 25.1 Å². The van der Waals surface area contributed by atoms with E-state index in [0.29, 0.717) is 35.4 Å². The normalized spacial score (nSPS) is 22.8.